The Morgan fingerprint density at radius 3 is 2.58 bits per heavy atom. The quantitative estimate of drug-likeness (QED) is 0.813. The van der Waals surface area contributed by atoms with Crippen molar-refractivity contribution >= 4 is 29.0 Å². The summed E-state index contributed by atoms with van der Waals surface area (Å²) in [6.45, 7) is 2.09. The monoisotopic (exact) mass is 343 g/mol. The lowest BCUT2D eigenvalue weighted by atomic mass is 9.88. The Morgan fingerprint density at radius 1 is 1.21 bits per heavy atom. The number of hydrogen-bond donors (Lipinski definition) is 2. The molecule has 1 heterocycles. The van der Waals surface area contributed by atoms with Crippen LogP contribution >= 0.6 is 11.6 Å². The van der Waals surface area contributed by atoms with Gasteiger partial charge in [-0.3, -0.25) is 9.59 Å². The molecule has 0 spiro atoms. The highest BCUT2D eigenvalue weighted by atomic mass is 35.5. The molecule has 24 heavy (non-hydrogen) atoms. The van der Waals surface area contributed by atoms with Gasteiger partial charge in [-0.15, -0.1) is 0 Å². The Kier molecular flexibility index (Phi) is 4.43. The Labute approximate surface area is 145 Å². The van der Waals surface area contributed by atoms with Crippen molar-refractivity contribution in [3.8, 4) is 0 Å². The first-order valence-corrected chi connectivity index (χ1v) is 8.28. The van der Waals surface area contributed by atoms with Crippen LogP contribution < -0.4 is 5.32 Å². The third-order valence-corrected chi connectivity index (χ3v) is 4.52. The van der Waals surface area contributed by atoms with Gasteiger partial charge in [0.15, 0.2) is 11.4 Å². The highest BCUT2D eigenvalue weighted by Crippen LogP contribution is 2.40. The number of Topliss-reactive ketones (excluding diaryl/α,β-unsaturated/α-hetero) is 1. The number of benzene rings is 2. The van der Waals surface area contributed by atoms with E-state index >= 15 is 0 Å². The van der Waals surface area contributed by atoms with Crippen LogP contribution in [-0.2, 0) is 16.8 Å². The maximum atomic E-state index is 12.5. The smallest absolute Gasteiger partial charge is 0.261 e. The summed E-state index contributed by atoms with van der Waals surface area (Å²) in [7, 11) is 0. The standard InChI is InChI=1S/C19H18ClNO3/c1-2-3-12-4-6-13(7-5-12)17(22)11-19(24)15-10-14(20)8-9-16(15)21-18(19)23/h4-10,24H,2-3,11H2,1H3,(H,21,23). The van der Waals surface area contributed by atoms with E-state index < -0.39 is 11.5 Å². The third kappa shape index (κ3) is 2.95. The van der Waals surface area contributed by atoms with Gasteiger partial charge in [0.2, 0.25) is 0 Å². The van der Waals surface area contributed by atoms with Crippen LogP contribution in [0.1, 0.15) is 41.3 Å². The molecule has 3 rings (SSSR count). The molecule has 5 heteroatoms. The number of carbonyl (C=O) groups excluding carboxylic acids is 2. The van der Waals surface area contributed by atoms with Crippen molar-refractivity contribution in [2.24, 2.45) is 0 Å². The maximum absolute atomic E-state index is 12.5. The summed E-state index contributed by atoms with van der Waals surface area (Å²) in [5, 5.41) is 13.8. The Hall–Kier alpha value is -2.17. The molecule has 2 aromatic rings. The first-order valence-electron chi connectivity index (χ1n) is 7.90. The molecule has 0 saturated heterocycles. The molecule has 0 fully saturated rings. The molecule has 124 valence electrons. The van der Waals surface area contributed by atoms with Gasteiger partial charge >= 0.3 is 0 Å². The van der Waals surface area contributed by atoms with Crippen LogP contribution in [0, 0.1) is 0 Å². The SMILES string of the molecule is CCCc1ccc(C(=O)CC2(O)C(=O)Nc3ccc(Cl)cc32)cc1. The summed E-state index contributed by atoms with van der Waals surface area (Å²) in [5.41, 5.74) is 0.573. The average Bonchev–Trinajstić information content (AvgIpc) is 2.79. The Balaban J connectivity index is 1.86. The molecule has 0 saturated carbocycles. The molecule has 1 unspecified atom stereocenters. The van der Waals surface area contributed by atoms with Gasteiger partial charge in [-0.2, -0.15) is 0 Å². The molecule has 1 aliphatic rings. The number of aryl methyl sites for hydroxylation is 1. The zero-order valence-corrected chi connectivity index (χ0v) is 14.1. The number of nitrogens with one attached hydrogen (secondary N) is 1. The molecule has 4 nitrogen and oxygen atoms in total. The van der Waals surface area contributed by atoms with Crippen molar-refractivity contribution in [3.05, 3.63) is 64.2 Å². The van der Waals surface area contributed by atoms with Gasteiger partial charge in [-0.05, 0) is 30.2 Å². The molecule has 0 bridgehead atoms. The van der Waals surface area contributed by atoms with Gasteiger partial charge in [0, 0.05) is 21.8 Å². The summed E-state index contributed by atoms with van der Waals surface area (Å²) < 4.78 is 0. The van der Waals surface area contributed by atoms with Crippen LogP contribution in [0.5, 0.6) is 0 Å². The first kappa shape index (κ1) is 16.7. The number of halogens is 1. The molecular formula is C19H18ClNO3. The highest BCUT2D eigenvalue weighted by Gasteiger charge is 2.46. The number of rotatable bonds is 5. The fraction of sp³-hybridized carbons (Fsp3) is 0.263. The summed E-state index contributed by atoms with van der Waals surface area (Å²) in [6.07, 6.45) is 1.66. The number of anilines is 1. The molecule has 0 radical (unpaired) electrons. The maximum Gasteiger partial charge on any atom is 0.261 e. The zero-order chi connectivity index (χ0) is 17.3. The number of amides is 1. The molecule has 2 N–H and O–H groups in total. The van der Waals surface area contributed by atoms with E-state index in [1.54, 1.807) is 24.3 Å². The van der Waals surface area contributed by atoms with Crippen molar-refractivity contribution in [1.29, 1.82) is 0 Å². The fourth-order valence-corrected chi connectivity index (χ4v) is 3.14. The second kappa shape index (κ2) is 6.38. The van der Waals surface area contributed by atoms with E-state index in [0.717, 1.165) is 18.4 Å². The Bertz CT molecular complexity index is 801. The fourth-order valence-electron chi connectivity index (χ4n) is 2.97. The van der Waals surface area contributed by atoms with Crippen LogP contribution in [0.2, 0.25) is 5.02 Å². The lowest BCUT2D eigenvalue weighted by molar-refractivity contribution is -0.133. The normalized spacial score (nSPS) is 19.0. The van der Waals surface area contributed by atoms with Crippen LogP contribution in [0.3, 0.4) is 0 Å². The predicted octanol–water partition coefficient (Wildman–Crippen LogP) is 3.71. The van der Waals surface area contributed by atoms with E-state index in [1.165, 1.54) is 6.07 Å². The lowest BCUT2D eigenvalue weighted by Gasteiger charge is -2.20. The van der Waals surface area contributed by atoms with Crippen LogP contribution in [0.4, 0.5) is 5.69 Å². The van der Waals surface area contributed by atoms with E-state index in [1.807, 2.05) is 12.1 Å². The van der Waals surface area contributed by atoms with Gasteiger partial charge in [-0.25, -0.2) is 0 Å². The lowest BCUT2D eigenvalue weighted by Crippen LogP contribution is -2.36. The third-order valence-electron chi connectivity index (χ3n) is 4.28. The number of fused-ring (bicyclic) bond motifs is 1. The summed E-state index contributed by atoms with van der Waals surface area (Å²) in [6, 6.07) is 12.1. The van der Waals surface area contributed by atoms with Gasteiger partial charge in [0.1, 0.15) is 0 Å². The van der Waals surface area contributed by atoms with Crippen molar-refractivity contribution in [2.45, 2.75) is 31.8 Å². The van der Waals surface area contributed by atoms with E-state index in [4.69, 9.17) is 11.6 Å². The number of carbonyl (C=O) groups is 2. The largest absolute Gasteiger partial charge is 0.375 e. The van der Waals surface area contributed by atoms with Gasteiger partial charge < -0.3 is 10.4 Å². The van der Waals surface area contributed by atoms with Crippen LogP contribution in [0.15, 0.2) is 42.5 Å². The van der Waals surface area contributed by atoms with E-state index in [9.17, 15) is 14.7 Å². The van der Waals surface area contributed by atoms with E-state index in [2.05, 4.69) is 12.2 Å². The summed E-state index contributed by atoms with van der Waals surface area (Å²) in [5.74, 6) is -0.890. The van der Waals surface area contributed by atoms with Crippen LogP contribution in [0.25, 0.3) is 0 Å². The zero-order valence-electron chi connectivity index (χ0n) is 13.3. The number of ketones is 1. The molecule has 0 aromatic heterocycles. The van der Waals surface area contributed by atoms with Crippen molar-refractivity contribution in [3.63, 3.8) is 0 Å². The minimum atomic E-state index is -1.89. The highest BCUT2D eigenvalue weighted by molar-refractivity contribution is 6.31. The van der Waals surface area contributed by atoms with Crippen molar-refractivity contribution < 1.29 is 14.7 Å². The number of hydrogen-bond acceptors (Lipinski definition) is 3. The minimum absolute atomic E-state index is 0.288. The van der Waals surface area contributed by atoms with Crippen LogP contribution in [-0.4, -0.2) is 16.8 Å². The molecule has 2 aromatic carbocycles. The number of aliphatic hydroxyl groups is 1. The summed E-state index contributed by atoms with van der Waals surface area (Å²) in [4.78, 5) is 24.8. The molecule has 1 atom stereocenters. The van der Waals surface area contributed by atoms with Gasteiger partial charge in [-0.1, -0.05) is 49.2 Å². The van der Waals surface area contributed by atoms with Gasteiger partial charge in [0.25, 0.3) is 5.91 Å². The topological polar surface area (TPSA) is 66.4 Å². The molecule has 0 aliphatic carbocycles. The molecule has 1 amide bonds. The second-order valence-electron chi connectivity index (χ2n) is 6.05. The average molecular weight is 344 g/mol. The van der Waals surface area contributed by atoms with Crippen molar-refractivity contribution in [2.75, 3.05) is 5.32 Å². The first-order chi connectivity index (χ1) is 11.4. The Morgan fingerprint density at radius 2 is 1.92 bits per heavy atom. The van der Waals surface area contributed by atoms with E-state index in [-0.39, 0.29) is 12.2 Å². The second-order valence-corrected chi connectivity index (χ2v) is 6.49. The molecule has 1 aliphatic heterocycles. The van der Waals surface area contributed by atoms with E-state index in [0.29, 0.717) is 21.8 Å². The summed E-state index contributed by atoms with van der Waals surface area (Å²) >= 11 is 5.96. The predicted molar refractivity (Wildman–Crippen MR) is 93.4 cm³/mol. The minimum Gasteiger partial charge on any atom is -0.375 e. The van der Waals surface area contributed by atoms with Crippen molar-refractivity contribution in [1.82, 2.24) is 0 Å². The molecular weight excluding hydrogens is 326 g/mol. The van der Waals surface area contributed by atoms with Gasteiger partial charge in [0.05, 0.1) is 6.42 Å².